The van der Waals surface area contributed by atoms with E-state index in [1.165, 1.54) is 11.3 Å². The van der Waals surface area contributed by atoms with E-state index in [9.17, 15) is 9.90 Å². The van der Waals surface area contributed by atoms with Crippen molar-refractivity contribution in [2.24, 2.45) is 5.41 Å². The van der Waals surface area contributed by atoms with Crippen molar-refractivity contribution in [1.29, 1.82) is 0 Å². The number of thiazole rings is 1. The summed E-state index contributed by atoms with van der Waals surface area (Å²) in [7, 11) is 0. The Hall–Kier alpha value is -1.66. The van der Waals surface area contributed by atoms with Crippen LogP contribution in [-0.4, -0.2) is 40.1 Å². The monoisotopic (exact) mass is 334 g/mol. The molecule has 1 saturated heterocycles. The lowest BCUT2D eigenvalue weighted by Gasteiger charge is -2.29. The first kappa shape index (κ1) is 16.2. The molecule has 1 fully saturated rings. The van der Waals surface area contributed by atoms with Crippen LogP contribution in [0.1, 0.15) is 42.9 Å². The molecule has 23 heavy (non-hydrogen) atoms. The van der Waals surface area contributed by atoms with E-state index in [-0.39, 0.29) is 17.4 Å². The quantitative estimate of drug-likeness (QED) is 0.915. The number of aliphatic hydroxyl groups excluding tert-OH is 1. The molecular formula is C17H22N2O3S. The zero-order valence-electron chi connectivity index (χ0n) is 13.7. The second-order valence-electron chi connectivity index (χ2n) is 6.99. The first-order chi connectivity index (χ1) is 10.8. The van der Waals surface area contributed by atoms with Crippen LogP contribution in [-0.2, 0) is 0 Å². The molecule has 0 saturated carbocycles. The Bertz CT molecular complexity index is 704. The summed E-state index contributed by atoms with van der Waals surface area (Å²) < 4.78 is 5.57. The van der Waals surface area contributed by atoms with Gasteiger partial charge in [-0.3, -0.25) is 4.79 Å². The standard InChI is InChI=1S/C17H22N2O3S/c1-11-4-5-14(22-11)15-18-13(9-23-15)16(21)19-7-6-12(20)8-17(2,3)10-19/h4-5,9,12,20H,6-8,10H2,1-3H3. The molecule has 2 aromatic heterocycles. The third-order valence-corrected chi connectivity index (χ3v) is 4.96. The summed E-state index contributed by atoms with van der Waals surface area (Å²) in [5.74, 6) is 1.45. The molecular weight excluding hydrogens is 312 g/mol. The molecule has 1 N–H and O–H groups in total. The van der Waals surface area contributed by atoms with Crippen LogP contribution in [0.2, 0.25) is 0 Å². The van der Waals surface area contributed by atoms with E-state index in [0.29, 0.717) is 37.4 Å². The number of hydrogen-bond donors (Lipinski definition) is 1. The predicted octanol–water partition coefficient (Wildman–Crippen LogP) is 3.33. The minimum atomic E-state index is -0.347. The summed E-state index contributed by atoms with van der Waals surface area (Å²) in [6.45, 7) is 7.25. The molecule has 1 amide bonds. The van der Waals surface area contributed by atoms with Crippen molar-refractivity contribution < 1.29 is 14.3 Å². The molecule has 0 aliphatic carbocycles. The second-order valence-corrected chi connectivity index (χ2v) is 7.84. The number of rotatable bonds is 2. The molecule has 2 aromatic rings. The van der Waals surface area contributed by atoms with Crippen LogP contribution in [0, 0.1) is 12.3 Å². The molecule has 0 aromatic carbocycles. The Morgan fingerprint density at radius 3 is 2.96 bits per heavy atom. The molecule has 124 valence electrons. The Balaban J connectivity index is 1.79. The molecule has 3 heterocycles. The van der Waals surface area contributed by atoms with Gasteiger partial charge in [0.25, 0.3) is 5.91 Å². The summed E-state index contributed by atoms with van der Waals surface area (Å²) in [5, 5.41) is 12.5. The first-order valence-corrected chi connectivity index (χ1v) is 8.72. The molecule has 0 bridgehead atoms. The number of aliphatic hydroxyl groups is 1. The number of carbonyl (C=O) groups is 1. The number of hydrogen-bond acceptors (Lipinski definition) is 5. The fraction of sp³-hybridized carbons (Fsp3) is 0.529. The van der Waals surface area contributed by atoms with Gasteiger partial charge in [0.1, 0.15) is 11.5 Å². The third-order valence-electron chi connectivity index (χ3n) is 4.10. The van der Waals surface area contributed by atoms with Crippen molar-refractivity contribution in [1.82, 2.24) is 9.88 Å². The van der Waals surface area contributed by atoms with Gasteiger partial charge >= 0.3 is 0 Å². The summed E-state index contributed by atoms with van der Waals surface area (Å²) in [6, 6.07) is 3.75. The van der Waals surface area contributed by atoms with Gasteiger partial charge in [0.2, 0.25) is 0 Å². The zero-order chi connectivity index (χ0) is 16.6. The Labute approximate surface area is 140 Å². The molecule has 1 aliphatic heterocycles. The number of aromatic nitrogens is 1. The van der Waals surface area contributed by atoms with E-state index in [0.717, 1.165) is 10.8 Å². The van der Waals surface area contributed by atoms with Gasteiger partial charge in [-0.2, -0.15) is 0 Å². The van der Waals surface area contributed by atoms with Crippen LogP contribution in [0.15, 0.2) is 21.9 Å². The van der Waals surface area contributed by atoms with Gasteiger partial charge in [0, 0.05) is 18.5 Å². The molecule has 0 spiro atoms. The van der Waals surface area contributed by atoms with Gasteiger partial charge < -0.3 is 14.4 Å². The number of carbonyl (C=O) groups excluding carboxylic acids is 1. The fourth-order valence-corrected chi connectivity index (χ4v) is 3.83. The average molecular weight is 334 g/mol. The summed E-state index contributed by atoms with van der Waals surface area (Å²) in [4.78, 5) is 19.0. The topological polar surface area (TPSA) is 66.6 Å². The molecule has 0 radical (unpaired) electrons. The summed E-state index contributed by atoms with van der Waals surface area (Å²) in [5.41, 5.74) is 0.356. The van der Waals surface area contributed by atoms with Crippen LogP contribution < -0.4 is 0 Å². The molecule has 3 rings (SSSR count). The van der Waals surface area contributed by atoms with Gasteiger partial charge in [-0.15, -0.1) is 11.3 Å². The van der Waals surface area contributed by atoms with E-state index in [1.54, 1.807) is 5.38 Å². The van der Waals surface area contributed by atoms with Crippen molar-refractivity contribution in [2.75, 3.05) is 13.1 Å². The van der Waals surface area contributed by atoms with Crippen molar-refractivity contribution in [3.05, 3.63) is 29.0 Å². The SMILES string of the molecule is Cc1ccc(-c2nc(C(=O)N3CCC(O)CC(C)(C)C3)cs2)o1. The Morgan fingerprint density at radius 1 is 1.48 bits per heavy atom. The summed E-state index contributed by atoms with van der Waals surface area (Å²) in [6.07, 6.45) is 0.980. The summed E-state index contributed by atoms with van der Waals surface area (Å²) >= 11 is 1.41. The van der Waals surface area contributed by atoms with E-state index in [4.69, 9.17) is 4.42 Å². The molecule has 1 aliphatic rings. The molecule has 5 nitrogen and oxygen atoms in total. The number of furan rings is 1. The minimum Gasteiger partial charge on any atom is -0.459 e. The highest BCUT2D eigenvalue weighted by molar-refractivity contribution is 7.13. The van der Waals surface area contributed by atoms with E-state index < -0.39 is 0 Å². The van der Waals surface area contributed by atoms with Gasteiger partial charge in [0.15, 0.2) is 10.8 Å². The maximum Gasteiger partial charge on any atom is 0.273 e. The van der Waals surface area contributed by atoms with Crippen LogP contribution >= 0.6 is 11.3 Å². The van der Waals surface area contributed by atoms with E-state index in [2.05, 4.69) is 18.8 Å². The van der Waals surface area contributed by atoms with Gasteiger partial charge in [0.05, 0.1) is 6.10 Å². The Morgan fingerprint density at radius 2 is 2.26 bits per heavy atom. The van der Waals surface area contributed by atoms with E-state index >= 15 is 0 Å². The normalized spacial score (nSPS) is 21.2. The maximum absolute atomic E-state index is 12.8. The van der Waals surface area contributed by atoms with Crippen molar-refractivity contribution in [3.8, 4) is 10.8 Å². The fourth-order valence-electron chi connectivity index (χ4n) is 3.08. The van der Waals surface area contributed by atoms with Crippen LogP contribution in [0.3, 0.4) is 0 Å². The number of likely N-dealkylation sites (tertiary alicyclic amines) is 1. The van der Waals surface area contributed by atoms with Crippen molar-refractivity contribution >= 4 is 17.2 Å². The molecule has 1 atom stereocenters. The third kappa shape index (κ3) is 3.64. The highest BCUT2D eigenvalue weighted by Crippen LogP contribution is 2.30. The first-order valence-electron chi connectivity index (χ1n) is 7.84. The predicted molar refractivity (Wildman–Crippen MR) is 89.5 cm³/mol. The van der Waals surface area contributed by atoms with Crippen LogP contribution in [0.5, 0.6) is 0 Å². The van der Waals surface area contributed by atoms with Crippen LogP contribution in [0.25, 0.3) is 10.8 Å². The molecule has 6 heteroatoms. The van der Waals surface area contributed by atoms with Gasteiger partial charge in [-0.05, 0) is 37.3 Å². The highest BCUT2D eigenvalue weighted by Gasteiger charge is 2.32. The highest BCUT2D eigenvalue weighted by atomic mass is 32.1. The lowest BCUT2D eigenvalue weighted by Crippen LogP contribution is -2.37. The lowest BCUT2D eigenvalue weighted by molar-refractivity contribution is 0.0700. The van der Waals surface area contributed by atoms with Gasteiger partial charge in [-0.1, -0.05) is 13.8 Å². The van der Waals surface area contributed by atoms with Gasteiger partial charge in [-0.25, -0.2) is 4.98 Å². The van der Waals surface area contributed by atoms with Crippen LogP contribution in [0.4, 0.5) is 0 Å². The number of nitrogens with zero attached hydrogens (tertiary/aromatic N) is 2. The number of aryl methyl sites for hydroxylation is 1. The number of amides is 1. The minimum absolute atomic E-state index is 0.0713. The Kier molecular flexibility index (Phi) is 4.29. The van der Waals surface area contributed by atoms with Crippen molar-refractivity contribution in [2.45, 2.75) is 39.7 Å². The van der Waals surface area contributed by atoms with Crippen molar-refractivity contribution in [3.63, 3.8) is 0 Å². The largest absolute Gasteiger partial charge is 0.459 e. The lowest BCUT2D eigenvalue weighted by atomic mass is 9.87. The maximum atomic E-state index is 12.8. The van der Waals surface area contributed by atoms with E-state index in [1.807, 2.05) is 24.0 Å². The average Bonchev–Trinajstić information content (AvgIpc) is 3.07. The molecule has 1 unspecified atom stereocenters. The zero-order valence-corrected chi connectivity index (χ0v) is 14.5. The second kappa shape index (κ2) is 6.09. The smallest absolute Gasteiger partial charge is 0.273 e.